The molecule has 0 spiro atoms. The average Bonchev–Trinajstić information content (AvgIpc) is 2.66. The van der Waals surface area contributed by atoms with Crippen LogP contribution >= 0.6 is 0 Å². The number of rotatable bonds is 3. The third kappa shape index (κ3) is 1.88. The molecule has 1 fully saturated rings. The van der Waals surface area contributed by atoms with Crippen molar-refractivity contribution in [3.8, 4) is 17.0 Å². The average molecular weight is 243 g/mol. The molecule has 4 heteroatoms. The van der Waals surface area contributed by atoms with Gasteiger partial charge in [0.15, 0.2) is 0 Å². The molecular weight excluding hydrogens is 226 g/mol. The van der Waals surface area contributed by atoms with Crippen molar-refractivity contribution >= 4 is 0 Å². The summed E-state index contributed by atoms with van der Waals surface area (Å²) in [5.41, 5.74) is 1.80. The van der Waals surface area contributed by atoms with E-state index in [0.29, 0.717) is 5.75 Å². The summed E-state index contributed by atoms with van der Waals surface area (Å²) in [5.74, 6) is 1.35. The van der Waals surface area contributed by atoms with E-state index in [1.807, 2.05) is 31.4 Å². The second-order valence-electron chi connectivity index (χ2n) is 4.77. The topological polar surface area (TPSA) is 41.3 Å². The van der Waals surface area contributed by atoms with Crippen molar-refractivity contribution in [2.75, 3.05) is 13.1 Å². The van der Waals surface area contributed by atoms with E-state index < -0.39 is 0 Å². The molecule has 0 unspecified atom stereocenters. The predicted molar refractivity (Wildman–Crippen MR) is 70.2 cm³/mol. The molecule has 0 aliphatic carbocycles. The quantitative estimate of drug-likeness (QED) is 0.896. The third-order valence-corrected chi connectivity index (χ3v) is 3.58. The van der Waals surface area contributed by atoms with Gasteiger partial charge in [-0.15, -0.1) is 0 Å². The number of phenolic OH excluding ortho intramolecular Hbond substituents is 1. The second kappa shape index (κ2) is 4.46. The molecule has 0 atom stereocenters. The summed E-state index contributed by atoms with van der Waals surface area (Å²) in [4.78, 5) is 6.84. The molecule has 94 valence electrons. The van der Waals surface area contributed by atoms with Crippen LogP contribution in [-0.4, -0.2) is 32.6 Å². The molecule has 1 saturated heterocycles. The monoisotopic (exact) mass is 243 g/mol. The van der Waals surface area contributed by atoms with E-state index in [2.05, 4.69) is 14.5 Å². The Hall–Kier alpha value is -1.81. The first-order valence-corrected chi connectivity index (χ1v) is 6.27. The van der Waals surface area contributed by atoms with E-state index in [1.54, 1.807) is 6.07 Å². The molecule has 1 aliphatic heterocycles. The first-order chi connectivity index (χ1) is 8.75. The first-order valence-electron chi connectivity index (χ1n) is 6.27. The zero-order chi connectivity index (χ0) is 12.5. The summed E-state index contributed by atoms with van der Waals surface area (Å²) in [7, 11) is 2.00. The lowest BCUT2D eigenvalue weighted by Gasteiger charge is -2.30. The minimum atomic E-state index is 0.302. The Kier molecular flexibility index (Phi) is 2.80. The highest BCUT2D eigenvalue weighted by atomic mass is 16.3. The number of benzene rings is 1. The van der Waals surface area contributed by atoms with Gasteiger partial charge in [-0.1, -0.05) is 12.1 Å². The van der Waals surface area contributed by atoms with E-state index in [0.717, 1.165) is 23.6 Å². The molecule has 2 aromatic rings. The molecule has 1 aliphatic rings. The number of phenols is 1. The molecular formula is C14H17N3O. The number of para-hydroxylation sites is 1. The molecule has 0 amide bonds. The molecule has 1 aromatic heterocycles. The standard InChI is InChI=1S/C14H17N3O/c1-16-12(11-5-2-3-6-13(11)18)9-15-14(16)10-17-7-4-8-17/h2-3,5-6,9,18H,4,7-8,10H2,1H3. The van der Waals surface area contributed by atoms with Crippen molar-refractivity contribution in [2.45, 2.75) is 13.0 Å². The number of hydrogen-bond acceptors (Lipinski definition) is 3. The number of hydrogen-bond donors (Lipinski definition) is 1. The van der Waals surface area contributed by atoms with Gasteiger partial charge in [0.05, 0.1) is 18.4 Å². The molecule has 4 nitrogen and oxygen atoms in total. The Labute approximate surface area is 107 Å². The smallest absolute Gasteiger partial charge is 0.124 e. The molecule has 3 rings (SSSR count). The van der Waals surface area contributed by atoms with Crippen molar-refractivity contribution in [2.24, 2.45) is 7.05 Å². The Morgan fingerprint density at radius 3 is 2.72 bits per heavy atom. The van der Waals surface area contributed by atoms with E-state index in [1.165, 1.54) is 19.5 Å². The van der Waals surface area contributed by atoms with Crippen molar-refractivity contribution in [1.82, 2.24) is 14.5 Å². The number of likely N-dealkylation sites (tertiary alicyclic amines) is 1. The number of imidazole rings is 1. The molecule has 1 N–H and O–H groups in total. The predicted octanol–water partition coefficient (Wildman–Crippen LogP) is 2.00. The van der Waals surface area contributed by atoms with Gasteiger partial charge in [-0.2, -0.15) is 0 Å². The van der Waals surface area contributed by atoms with Crippen molar-refractivity contribution in [3.63, 3.8) is 0 Å². The maximum absolute atomic E-state index is 9.89. The summed E-state index contributed by atoms with van der Waals surface area (Å²) >= 11 is 0. The van der Waals surface area contributed by atoms with Gasteiger partial charge < -0.3 is 9.67 Å². The van der Waals surface area contributed by atoms with Crippen molar-refractivity contribution in [3.05, 3.63) is 36.3 Å². The SMILES string of the molecule is Cn1c(-c2ccccc2O)cnc1CN1CCC1. The highest BCUT2D eigenvalue weighted by Crippen LogP contribution is 2.29. The maximum Gasteiger partial charge on any atom is 0.124 e. The normalized spacial score (nSPS) is 15.6. The fraction of sp³-hybridized carbons (Fsp3) is 0.357. The largest absolute Gasteiger partial charge is 0.507 e. The van der Waals surface area contributed by atoms with Gasteiger partial charge in [-0.25, -0.2) is 4.98 Å². The third-order valence-electron chi connectivity index (χ3n) is 3.58. The van der Waals surface area contributed by atoms with Crippen LogP contribution in [0, 0.1) is 0 Å². The summed E-state index contributed by atoms with van der Waals surface area (Å²) in [6.07, 6.45) is 3.13. The Balaban J connectivity index is 1.91. The summed E-state index contributed by atoms with van der Waals surface area (Å²) < 4.78 is 2.06. The molecule has 18 heavy (non-hydrogen) atoms. The summed E-state index contributed by atoms with van der Waals surface area (Å²) in [6.45, 7) is 3.22. The fourth-order valence-electron chi connectivity index (χ4n) is 2.28. The summed E-state index contributed by atoms with van der Waals surface area (Å²) in [5, 5.41) is 9.89. The molecule has 0 radical (unpaired) electrons. The van der Waals surface area contributed by atoms with Crippen LogP contribution in [0.4, 0.5) is 0 Å². The number of nitrogens with zero attached hydrogens (tertiary/aromatic N) is 3. The van der Waals surface area contributed by atoms with E-state index in [4.69, 9.17) is 0 Å². The van der Waals surface area contributed by atoms with Gasteiger partial charge >= 0.3 is 0 Å². The highest BCUT2D eigenvalue weighted by Gasteiger charge is 2.18. The van der Waals surface area contributed by atoms with Crippen molar-refractivity contribution < 1.29 is 5.11 Å². The lowest BCUT2D eigenvalue weighted by molar-refractivity contribution is 0.166. The lowest BCUT2D eigenvalue weighted by atomic mass is 10.1. The van der Waals surface area contributed by atoms with Gasteiger partial charge in [0.2, 0.25) is 0 Å². The number of aromatic nitrogens is 2. The van der Waals surface area contributed by atoms with Crippen LogP contribution in [0.2, 0.25) is 0 Å². The molecule has 2 heterocycles. The van der Waals surface area contributed by atoms with Crippen LogP contribution in [0.3, 0.4) is 0 Å². The minimum absolute atomic E-state index is 0.302. The molecule has 1 aromatic carbocycles. The Bertz CT molecular complexity index is 558. The lowest BCUT2D eigenvalue weighted by Crippen LogP contribution is -2.37. The highest BCUT2D eigenvalue weighted by molar-refractivity contribution is 5.66. The van der Waals surface area contributed by atoms with Crippen LogP contribution in [0.5, 0.6) is 5.75 Å². The molecule has 0 saturated carbocycles. The van der Waals surface area contributed by atoms with Gasteiger partial charge in [0.25, 0.3) is 0 Å². The maximum atomic E-state index is 9.89. The van der Waals surface area contributed by atoms with E-state index in [-0.39, 0.29) is 0 Å². The zero-order valence-corrected chi connectivity index (χ0v) is 10.5. The van der Waals surface area contributed by atoms with Crippen LogP contribution in [0.25, 0.3) is 11.3 Å². The van der Waals surface area contributed by atoms with Gasteiger partial charge in [-0.3, -0.25) is 4.90 Å². The van der Waals surface area contributed by atoms with Crippen LogP contribution in [0.15, 0.2) is 30.5 Å². The van der Waals surface area contributed by atoms with Gasteiger partial charge in [0, 0.05) is 12.6 Å². The summed E-state index contributed by atoms with van der Waals surface area (Å²) in [6, 6.07) is 7.38. The first kappa shape index (κ1) is 11.3. The Morgan fingerprint density at radius 1 is 1.28 bits per heavy atom. The minimum Gasteiger partial charge on any atom is -0.507 e. The molecule has 0 bridgehead atoms. The van der Waals surface area contributed by atoms with Gasteiger partial charge in [-0.05, 0) is 31.6 Å². The zero-order valence-electron chi connectivity index (χ0n) is 10.5. The van der Waals surface area contributed by atoms with Crippen LogP contribution < -0.4 is 0 Å². The second-order valence-corrected chi connectivity index (χ2v) is 4.77. The van der Waals surface area contributed by atoms with E-state index in [9.17, 15) is 5.11 Å². The van der Waals surface area contributed by atoms with E-state index >= 15 is 0 Å². The fourth-order valence-corrected chi connectivity index (χ4v) is 2.28. The van der Waals surface area contributed by atoms with Gasteiger partial charge in [0.1, 0.15) is 11.6 Å². The van der Waals surface area contributed by atoms with Crippen molar-refractivity contribution in [1.29, 1.82) is 0 Å². The van der Waals surface area contributed by atoms with Crippen LogP contribution in [-0.2, 0) is 13.6 Å². The number of aromatic hydroxyl groups is 1. The Morgan fingerprint density at radius 2 is 2.06 bits per heavy atom. The van der Waals surface area contributed by atoms with Crippen LogP contribution in [0.1, 0.15) is 12.2 Å².